The molecule has 2 heteroatoms. The van der Waals surface area contributed by atoms with Crippen LogP contribution in [0.5, 0.6) is 0 Å². The zero-order valence-corrected chi connectivity index (χ0v) is 8.74. The first-order valence-corrected chi connectivity index (χ1v) is 5.52. The Balaban J connectivity index is 2.30. The number of hydrogen-bond donors (Lipinski definition) is 1. The third-order valence-electron chi connectivity index (χ3n) is 3.23. The Morgan fingerprint density at radius 1 is 1.64 bits per heavy atom. The van der Waals surface area contributed by atoms with Crippen LogP contribution in [0.15, 0.2) is 18.3 Å². The standard InChI is InChI=1S/C12H18N2/c1-2-11(13)10-7-3-5-9-6-4-8-14-12(9)10/h4,6,8,10-11H,2-3,5,7,13H2,1H3. The molecular weight excluding hydrogens is 172 g/mol. The summed E-state index contributed by atoms with van der Waals surface area (Å²) in [5.41, 5.74) is 8.79. The molecule has 1 aromatic rings. The summed E-state index contributed by atoms with van der Waals surface area (Å²) >= 11 is 0. The largest absolute Gasteiger partial charge is 0.327 e. The molecule has 0 saturated carbocycles. The molecule has 0 aliphatic heterocycles. The highest BCUT2D eigenvalue weighted by Crippen LogP contribution is 2.32. The van der Waals surface area contributed by atoms with E-state index < -0.39 is 0 Å². The maximum Gasteiger partial charge on any atom is 0.0481 e. The lowest BCUT2D eigenvalue weighted by molar-refractivity contribution is 0.443. The summed E-state index contributed by atoms with van der Waals surface area (Å²) in [5, 5.41) is 0. The highest BCUT2D eigenvalue weighted by Gasteiger charge is 2.25. The molecule has 0 radical (unpaired) electrons. The van der Waals surface area contributed by atoms with Gasteiger partial charge >= 0.3 is 0 Å². The first kappa shape index (κ1) is 9.66. The Hall–Kier alpha value is -0.890. The van der Waals surface area contributed by atoms with E-state index in [1.807, 2.05) is 12.3 Å². The third-order valence-corrected chi connectivity index (χ3v) is 3.23. The van der Waals surface area contributed by atoms with Crippen molar-refractivity contribution in [3.8, 4) is 0 Å². The molecule has 0 fully saturated rings. The van der Waals surface area contributed by atoms with Gasteiger partial charge in [0.15, 0.2) is 0 Å². The summed E-state index contributed by atoms with van der Waals surface area (Å²) in [6.07, 6.45) is 6.58. The second kappa shape index (κ2) is 4.09. The molecule has 0 aromatic carbocycles. The fourth-order valence-corrected chi connectivity index (χ4v) is 2.35. The molecule has 2 nitrogen and oxygen atoms in total. The smallest absolute Gasteiger partial charge is 0.0481 e. The SMILES string of the molecule is CCC(N)C1CCCc2cccnc21. The van der Waals surface area contributed by atoms with E-state index in [1.165, 1.54) is 30.5 Å². The number of aromatic nitrogens is 1. The zero-order valence-electron chi connectivity index (χ0n) is 8.74. The summed E-state index contributed by atoms with van der Waals surface area (Å²) in [6, 6.07) is 4.50. The second-order valence-corrected chi connectivity index (χ2v) is 4.12. The number of rotatable bonds is 2. The van der Waals surface area contributed by atoms with Gasteiger partial charge in [-0.1, -0.05) is 13.0 Å². The average Bonchev–Trinajstić information content (AvgIpc) is 2.27. The highest BCUT2D eigenvalue weighted by molar-refractivity contribution is 5.27. The number of pyridine rings is 1. The summed E-state index contributed by atoms with van der Waals surface area (Å²) < 4.78 is 0. The van der Waals surface area contributed by atoms with Crippen molar-refractivity contribution in [1.82, 2.24) is 4.98 Å². The molecule has 2 atom stereocenters. The molecule has 0 bridgehead atoms. The summed E-state index contributed by atoms with van der Waals surface area (Å²) in [7, 11) is 0. The lowest BCUT2D eigenvalue weighted by Crippen LogP contribution is -2.30. The Bertz CT molecular complexity index is 309. The third kappa shape index (κ3) is 1.67. The van der Waals surface area contributed by atoms with Gasteiger partial charge in [-0.2, -0.15) is 0 Å². The van der Waals surface area contributed by atoms with Crippen LogP contribution in [0, 0.1) is 0 Å². The van der Waals surface area contributed by atoms with Gasteiger partial charge < -0.3 is 5.73 Å². The minimum absolute atomic E-state index is 0.281. The summed E-state index contributed by atoms with van der Waals surface area (Å²) in [5.74, 6) is 0.491. The number of aryl methyl sites for hydroxylation is 1. The second-order valence-electron chi connectivity index (χ2n) is 4.12. The molecule has 1 aromatic heterocycles. The lowest BCUT2D eigenvalue weighted by Gasteiger charge is -2.28. The minimum atomic E-state index is 0.281. The van der Waals surface area contributed by atoms with E-state index in [2.05, 4.69) is 18.0 Å². The fourth-order valence-electron chi connectivity index (χ4n) is 2.35. The van der Waals surface area contributed by atoms with Crippen LogP contribution in [0.1, 0.15) is 43.4 Å². The molecule has 2 rings (SSSR count). The van der Waals surface area contributed by atoms with Crippen LogP contribution in [0.4, 0.5) is 0 Å². The van der Waals surface area contributed by atoms with Gasteiger partial charge in [-0.15, -0.1) is 0 Å². The molecule has 76 valence electrons. The van der Waals surface area contributed by atoms with E-state index >= 15 is 0 Å². The van der Waals surface area contributed by atoms with Gasteiger partial charge in [-0.3, -0.25) is 4.98 Å². The van der Waals surface area contributed by atoms with Crippen LogP contribution in [-0.4, -0.2) is 11.0 Å². The van der Waals surface area contributed by atoms with Crippen LogP contribution in [0.3, 0.4) is 0 Å². The Morgan fingerprint density at radius 3 is 3.29 bits per heavy atom. The van der Waals surface area contributed by atoms with E-state index in [0.717, 1.165) is 6.42 Å². The molecule has 0 saturated heterocycles. The topological polar surface area (TPSA) is 38.9 Å². The van der Waals surface area contributed by atoms with Crippen molar-refractivity contribution < 1.29 is 0 Å². The minimum Gasteiger partial charge on any atom is -0.327 e. The predicted molar refractivity (Wildman–Crippen MR) is 58.2 cm³/mol. The van der Waals surface area contributed by atoms with Crippen molar-refractivity contribution in [2.75, 3.05) is 0 Å². The molecule has 2 N–H and O–H groups in total. The monoisotopic (exact) mass is 190 g/mol. The van der Waals surface area contributed by atoms with Crippen molar-refractivity contribution in [1.29, 1.82) is 0 Å². The Kier molecular flexibility index (Phi) is 2.82. The van der Waals surface area contributed by atoms with Crippen molar-refractivity contribution >= 4 is 0 Å². The molecule has 1 aliphatic carbocycles. The van der Waals surface area contributed by atoms with Crippen LogP contribution in [-0.2, 0) is 6.42 Å². The molecule has 2 unspecified atom stereocenters. The Morgan fingerprint density at radius 2 is 2.50 bits per heavy atom. The van der Waals surface area contributed by atoms with Gasteiger partial charge in [0.05, 0.1) is 0 Å². The first-order chi connectivity index (χ1) is 6.83. The van der Waals surface area contributed by atoms with Crippen LogP contribution in [0.25, 0.3) is 0 Å². The van der Waals surface area contributed by atoms with Crippen molar-refractivity contribution in [2.45, 2.75) is 44.6 Å². The normalized spacial score (nSPS) is 22.9. The van der Waals surface area contributed by atoms with Crippen molar-refractivity contribution in [2.24, 2.45) is 5.73 Å². The average molecular weight is 190 g/mol. The van der Waals surface area contributed by atoms with Crippen LogP contribution >= 0.6 is 0 Å². The molecule has 14 heavy (non-hydrogen) atoms. The molecule has 1 heterocycles. The first-order valence-electron chi connectivity index (χ1n) is 5.52. The molecule has 0 spiro atoms. The van der Waals surface area contributed by atoms with Gasteiger partial charge in [0, 0.05) is 23.9 Å². The van der Waals surface area contributed by atoms with Gasteiger partial charge in [-0.05, 0) is 37.3 Å². The fraction of sp³-hybridized carbons (Fsp3) is 0.583. The quantitative estimate of drug-likeness (QED) is 0.776. The maximum atomic E-state index is 6.12. The maximum absolute atomic E-state index is 6.12. The van der Waals surface area contributed by atoms with Gasteiger partial charge in [0.2, 0.25) is 0 Å². The molecule has 1 aliphatic rings. The van der Waals surface area contributed by atoms with Crippen LogP contribution in [0.2, 0.25) is 0 Å². The van der Waals surface area contributed by atoms with E-state index in [-0.39, 0.29) is 6.04 Å². The van der Waals surface area contributed by atoms with Crippen molar-refractivity contribution in [3.05, 3.63) is 29.6 Å². The van der Waals surface area contributed by atoms with Gasteiger partial charge in [-0.25, -0.2) is 0 Å². The number of nitrogens with zero attached hydrogens (tertiary/aromatic N) is 1. The van der Waals surface area contributed by atoms with Crippen LogP contribution < -0.4 is 5.73 Å². The number of hydrogen-bond acceptors (Lipinski definition) is 2. The predicted octanol–water partition coefficient (Wildman–Crippen LogP) is 2.24. The van der Waals surface area contributed by atoms with Gasteiger partial charge in [0.25, 0.3) is 0 Å². The van der Waals surface area contributed by atoms with E-state index in [1.54, 1.807) is 0 Å². The van der Waals surface area contributed by atoms with Crippen molar-refractivity contribution in [3.63, 3.8) is 0 Å². The van der Waals surface area contributed by atoms with Gasteiger partial charge in [0.1, 0.15) is 0 Å². The van der Waals surface area contributed by atoms with E-state index in [9.17, 15) is 0 Å². The Labute approximate surface area is 85.5 Å². The summed E-state index contributed by atoms with van der Waals surface area (Å²) in [6.45, 7) is 2.15. The van der Waals surface area contributed by atoms with E-state index in [4.69, 9.17) is 5.73 Å². The lowest BCUT2D eigenvalue weighted by atomic mass is 9.81. The van der Waals surface area contributed by atoms with E-state index in [0.29, 0.717) is 5.92 Å². The number of nitrogens with two attached hydrogens (primary N) is 1. The summed E-state index contributed by atoms with van der Waals surface area (Å²) in [4.78, 5) is 4.49. The highest BCUT2D eigenvalue weighted by atomic mass is 14.7. The number of fused-ring (bicyclic) bond motifs is 1. The molecular formula is C12H18N2. The zero-order chi connectivity index (χ0) is 9.97. The molecule has 0 amide bonds.